The second-order valence-electron chi connectivity index (χ2n) is 6.00. The number of rotatable bonds is 8. The van der Waals surface area contributed by atoms with Crippen molar-refractivity contribution in [2.24, 2.45) is 0 Å². The quantitative estimate of drug-likeness (QED) is 0.684. The van der Waals surface area contributed by atoms with Crippen molar-refractivity contribution in [3.05, 3.63) is 64.7 Å². The fourth-order valence-corrected chi connectivity index (χ4v) is 3.14. The lowest BCUT2D eigenvalue weighted by Gasteiger charge is -2.14. The number of amides is 2. The van der Waals surface area contributed by atoms with Crippen LogP contribution in [0, 0.1) is 0 Å². The molecule has 0 aliphatic heterocycles. The highest BCUT2D eigenvalue weighted by atomic mass is 35.5. The van der Waals surface area contributed by atoms with E-state index in [0.29, 0.717) is 22.0 Å². The van der Waals surface area contributed by atoms with Crippen molar-refractivity contribution in [2.45, 2.75) is 32.1 Å². The molecule has 2 rings (SSSR count). The molecule has 0 aromatic heterocycles. The average molecular weight is 391 g/mol. The van der Waals surface area contributed by atoms with Crippen LogP contribution in [0.1, 0.15) is 36.2 Å². The van der Waals surface area contributed by atoms with Gasteiger partial charge >= 0.3 is 0 Å². The van der Waals surface area contributed by atoms with Crippen molar-refractivity contribution in [3.8, 4) is 0 Å². The van der Waals surface area contributed by atoms with E-state index in [4.69, 9.17) is 11.6 Å². The molecule has 0 aliphatic rings. The van der Waals surface area contributed by atoms with Crippen LogP contribution in [0.15, 0.2) is 48.5 Å². The van der Waals surface area contributed by atoms with Gasteiger partial charge in [-0.2, -0.15) is 0 Å². The number of para-hydroxylation sites is 1. The number of halogens is 1. The Hall–Kier alpha value is -1.98. The molecule has 0 fully saturated rings. The molecule has 2 amide bonds. The van der Waals surface area contributed by atoms with Gasteiger partial charge in [0.15, 0.2) is 0 Å². The van der Waals surface area contributed by atoms with E-state index in [1.807, 2.05) is 38.1 Å². The van der Waals surface area contributed by atoms with E-state index in [-0.39, 0.29) is 17.9 Å². The van der Waals surface area contributed by atoms with E-state index in [9.17, 15) is 9.59 Å². The summed E-state index contributed by atoms with van der Waals surface area (Å²) in [4.78, 5) is 24.6. The second-order valence-corrected chi connectivity index (χ2v) is 7.42. The molecule has 0 aliphatic carbocycles. The first kappa shape index (κ1) is 20.3. The molecular weight excluding hydrogens is 368 g/mol. The summed E-state index contributed by atoms with van der Waals surface area (Å²) in [5.74, 6) is 0.724. The smallest absolute Gasteiger partial charge is 0.253 e. The first-order valence-corrected chi connectivity index (χ1v) is 10.0. The Morgan fingerprint density at radius 3 is 2.50 bits per heavy atom. The van der Waals surface area contributed by atoms with E-state index in [0.717, 1.165) is 17.7 Å². The van der Waals surface area contributed by atoms with Gasteiger partial charge in [0.1, 0.15) is 0 Å². The molecule has 6 heteroatoms. The number of anilines is 1. The van der Waals surface area contributed by atoms with Crippen molar-refractivity contribution >= 4 is 40.9 Å². The van der Waals surface area contributed by atoms with Crippen molar-refractivity contribution in [3.63, 3.8) is 0 Å². The molecule has 0 heterocycles. The fourth-order valence-electron chi connectivity index (χ4n) is 2.22. The lowest BCUT2D eigenvalue weighted by molar-refractivity contribution is -0.113. The Bertz CT molecular complexity index is 750. The summed E-state index contributed by atoms with van der Waals surface area (Å²) < 4.78 is 0. The predicted octanol–water partition coefficient (Wildman–Crippen LogP) is 4.74. The molecule has 0 saturated carbocycles. The second kappa shape index (κ2) is 10.2. The number of hydrogen-bond acceptors (Lipinski definition) is 3. The first-order chi connectivity index (χ1) is 12.5. The van der Waals surface area contributed by atoms with Gasteiger partial charge in [0.2, 0.25) is 5.91 Å². The number of carbonyl (C=O) groups excluding carboxylic acids is 2. The number of hydrogen-bond donors (Lipinski definition) is 2. The first-order valence-electron chi connectivity index (χ1n) is 8.51. The van der Waals surface area contributed by atoms with Crippen LogP contribution in [0.2, 0.25) is 5.02 Å². The highest BCUT2D eigenvalue weighted by molar-refractivity contribution is 7.99. The summed E-state index contributed by atoms with van der Waals surface area (Å²) in [5.41, 5.74) is 2.12. The maximum Gasteiger partial charge on any atom is 0.253 e. The fraction of sp³-hybridized carbons (Fsp3) is 0.300. The molecule has 2 aromatic carbocycles. The molecule has 4 nitrogen and oxygen atoms in total. The molecule has 2 aromatic rings. The Morgan fingerprint density at radius 1 is 1.12 bits per heavy atom. The lowest BCUT2D eigenvalue weighted by atomic mass is 10.1. The van der Waals surface area contributed by atoms with Crippen LogP contribution in [-0.2, 0) is 10.5 Å². The summed E-state index contributed by atoms with van der Waals surface area (Å²) in [6, 6.07) is 14.7. The third kappa shape index (κ3) is 6.39. The normalized spacial score (nSPS) is 11.7. The van der Waals surface area contributed by atoms with Crippen molar-refractivity contribution in [1.82, 2.24) is 5.32 Å². The van der Waals surface area contributed by atoms with Crippen LogP contribution in [-0.4, -0.2) is 23.6 Å². The minimum atomic E-state index is -0.177. The molecular formula is C20H23ClN2O2S. The summed E-state index contributed by atoms with van der Waals surface area (Å²) in [6.45, 7) is 3.96. The van der Waals surface area contributed by atoms with Gasteiger partial charge in [-0.05, 0) is 43.2 Å². The monoisotopic (exact) mass is 390 g/mol. The number of benzene rings is 2. The molecule has 0 radical (unpaired) electrons. The molecule has 138 valence electrons. The molecule has 0 spiro atoms. The lowest BCUT2D eigenvalue weighted by Crippen LogP contribution is -2.32. The van der Waals surface area contributed by atoms with Crippen molar-refractivity contribution < 1.29 is 9.59 Å². The van der Waals surface area contributed by atoms with E-state index >= 15 is 0 Å². The van der Waals surface area contributed by atoms with E-state index in [1.165, 1.54) is 11.8 Å². The molecule has 0 bridgehead atoms. The van der Waals surface area contributed by atoms with Crippen LogP contribution in [0.3, 0.4) is 0 Å². The Kier molecular flexibility index (Phi) is 8.01. The summed E-state index contributed by atoms with van der Waals surface area (Å²) >= 11 is 7.38. The van der Waals surface area contributed by atoms with Crippen molar-refractivity contribution in [1.29, 1.82) is 0 Å². The third-order valence-electron chi connectivity index (χ3n) is 3.85. The predicted molar refractivity (Wildman–Crippen MR) is 110 cm³/mol. The summed E-state index contributed by atoms with van der Waals surface area (Å²) in [7, 11) is 0. The van der Waals surface area contributed by atoms with Crippen molar-refractivity contribution in [2.75, 3.05) is 11.1 Å². The van der Waals surface area contributed by atoms with Gasteiger partial charge in [-0.25, -0.2) is 0 Å². The Labute approximate surface area is 163 Å². The zero-order valence-corrected chi connectivity index (χ0v) is 16.5. The Balaban J connectivity index is 1.90. The van der Waals surface area contributed by atoms with E-state index < -0.39 is 0 Å². The van der Waals surface area contributed by atoms with Gasteiger partial charge in [0, 0.05) is 16.8 Å². The molecule has 26 heavy (non-hydrogen) atoms. The van der Waals surface area contributed by atoms with Crippen LogP contribution >= 0.6 is 23.4 Å². The van der Waals surface area contributed by atoms with E-state index in [2.05, 4.69) is 10.6 Å². The van der Waals surface area contributed by atoms with Gasteiger partial charge in [-0.1, -0.05) is 42.8 Å². The van der Waals surface area contributed by atoms with Crippen LogP contribution in [0.5, 0.6) is 0 Å². The van der Waals surface area contributed by atoms with Gasteiger partial charge in [-0.3, -0.25) is 9.59 Å². The zero-order chi connectivity index (χ0) is 18.9. The Morgan fingerprint density at radius 2 is 1.81 bits per heavy atom. The largest absolute Gasteiger partial charge is 0.350 e. The van der Waals surface area contributed by atoms with Gasteiger partial charge < -0.3 is 10.6 Å². The molecule has 1 atom stereocenters. The number of carbonyl (C=O) groups is 2. The zero-order valence-electron chi connectivity index (χ0n) is 14.9. The maximum absolute atomic E-state index is 12.4. The maximum atomic E-state index is 12.4. The minimum Gasteiger partial charge on any atom is -0.350 e. The molecule has 0 saturated heterocycles. The standard InChI is InChI=1S/C20H23ClN2O2S/c1-3-14(2)22-20(25)17-6-4-5-7-18(17)23-19(24)13-26-12-15-8-10-16(21)11-9-15/h4-11,14H,3,12-13H2,1-2H3,(H,22,25)(H,23,24)/t14-/m0/s1. The number of nitrogens with one attached hydrogen (secondary N) is 2. The molecule has 0 unspecified atom stereocenters. The highest BCUT2D eigenvalue weighted by Crippen LogP contribution is 2.18. The van der Waals surface area contributed by atoms with Crippen LogP contribution < -0.4 is 10.6 Å². The van der Waals surface area contributed by atoms with Gasteiger partial charge in [0.05, 0.1) is 17.0 Å². The molecule has 2 N–H and O–H groups in total. The third-order valence-corrected chi connectivity index (χ3v) is 5.11. The number of thioether (sulfide) groups is 1. The van der Waals surface area contributed by atoms with Crippen LogP contribution in [0.25, 0.3) is 0 Å². The van der Waals surface area contributed by atoms with Gasteiger partial charge in [0.25, 0.3) is 5.91 Å². The topological polar surface area (TPSA) is 58.2 Å². The summed E-state index contributed by atoms with van der Waals surface area (Å²) in [5, 5.41) is 6.46. The summed E-state index contributed by atoms with van der Waals surface area (Å²) in [6.07, 6.45) is 0.849. The van der Waals surface area contributed by atoms with E-state index in [1.54, 1.807) is 24.3 Å². The average Bonchev–Trinajstić information content (AvgIpc) is 2.63. The minimum absolute atomic E-state index is 0.0844. The van der Waals surface area contributed by atoms with Gasteiger partial charge in [-0.15, -0.1) is 11.8 Å². The SMILES string of the molecule is CC[C@H](C)NC(=O)c1ccccc1NC(=O)CSCc1ccc(Cl)cc1. The van der Waals surface area contributed by atoms with Crippen LogP contribution in [0.4, 0.5) is 5.69 Å². The highest BCUT2D eigenvalue weighted by Gasteiger charge is 2.14.